The van der Waals surface area contributed by atoms with Crippen molar-refractivity contribution in [3.8, 4) is 0 Å². The van der Waals surface area contributed by atoms with Gasteiger partial charge in [-0.2, -0.15) is 0 Å². The van der Waals surface area contributed by atoms with Crippen LogP contribution < -0.4 is 11.1 Å². The van der Waals surface area contributed by atoms with Crippen LogP contribution in [0, 0.1) is 11.8 Å². The first-order valence-electron chi connectivity index (χ1n) is 8.30. The lowest BCUT2D eigenvalue weighted by Gasteiger charge is -2.37. The first-order chi connectivity index (χ1) is 9.94. The van der Waals surface area contributed by atoms with Gasteiger partial charge in [0.25, 0.3) is 0 Å². The van der Waals surface area contributed by atoms with Gasteiger partial charge in [0.1, 0.15) is 0 Å². The Labute approximate surface area is 127 Å². The summed E-state index contributed by atoms with van der Waals surface area (Å²) in [5.74, 6) is 0.712. The van der Waals surface area contributed by atoms with Crippen LogP contribution in [0.4, 0.5) is 0 Å². The molecule has 1 aliphatic heterocycles. The quantitative estimate of drug-likeness (QED) is 0.775. The first kappa shape index (κ1) is 16.3. The number of piperidine rings is 1. The first-order valence-corrected chi connectivity index (χ1v) is 8.30. The molecule has 0 aromatic heterocycles. The van der Waals surface area contributed by atoms with Gasteiger partial charge >= 0.3 is 0 Å². The van der Waals surface area contributed by atoms with Gasteiger partial charge in [-0.25, -0.2) is 0 Å². The van der Waals surface area contributed by atoms with Crippen LogP contribution in [-0.4, -0.2) is 41.9 Å². The molecule has 21 heavy (non-hydrogen) atoms. The highest BCUT2D eigenvalue weighted by molar-refractivity contribution is 5.87. The summed E-state index contributed by atoms with van der Waals surface area (Å²) in [6, 6.07) is 0. The molecule has 1 heterocycles. The average molecular weight is 295 g/mol. The normalized spacial score (nSPS) is 25.3. The van der Waals surface area contributed by atoms with Crippen molar-refractivity contribution in [3.63, 3.8) is 0 Å². The highest BCUT2D eigenvalue weighted by atomic mass is 16.2. The van der Waals surface area contributed by atoms with E-state index in [0.29, 0.717) is 18.9 Å². The van der Waals surface area contributed by atoms with Gasteiger partial charge in [-0.05, 0) is 44.9 Å². The molecule has 2 fully saturated rings. The van der Waals surface area contributed by atoms with Gasteiger partial charge in [0.05, 0.1) is 11.5 Å². The van der Waals surface area contributed by atoms with Crippen molar-refractivity contribution in [1.29, 1.82) is 0 Å². The fourth-order valence-electron chi connectivity index (χ4n) is 3.07. The van der Waals surface area contributed by atoms with E-state index >= 15 is 0 Å². The maximum absolute atomic E-state index is 12.5. The van der Waals surface area contributed by atoms with Gasteiger partial charge in [-0.15, -0.1) is 0 Å². The molecule has 5 heteroatoms. The minimum Gasteiger partial charge on any atom is -0.356 e. The number of carbonyl (C=O) groups excluding carboxylic acids is 2. The zero-order valence-corrected chi connectivity index (χ0v) is 13.4. The summed E-state index contributed by atoms with van der Waals surface area (Å²) >= 11 is 0. The minimum atomic E-state index is -0.804. The Bertz CT molecular complexity index is 391. The molecule has 2 rings (SSSR count). The molecule has 120 valence electrons. The number of nitrogens with one attached hydrogen (secondary N) is 1. The fourth-order valence-corrected chi connectivity index (χ4v) is 3.07. The molecular formula is C16H29N3O2. The molecule has 2 atom stereocenters. The van der Waals surface area contributed by atoms with Gasteiger partial charge in [0.15, 0.2) is 0 Å². The third-order valence-corrected chi connectivity index (χ3v) is 4.60. The van der Waals surface area contributed by atoms with E-state index in [4.69, 9.17) is 5.73 Å². The van der Waals surface area contributed by atoms with Crippen LogP contribution in [0.15, 0.2) is 0 Å². The highest BCUT2D eigenvalue weighted by Gasteiger charge is 2.36. The number of likely N-dealkylation sites (tertiary alicyclic amines) is 1. The number of nitrogens with two attached hydrogens (primary N) is 1. The van der Waals surface area contributed by atoms with E-state index in [1.165, 1.54) is 12.8 Å². The SMILES string of the molecule is CCCC(C)(N)C(=O)N1CCCC(C(=O)NCC2CC2)C1. The molecule has 2 unspecified atom stereocenters. The standard InChI is InChI=1S/C16H29N3O2/c1-3-8-16(2,17)15(21)19-9-4-5-13(11-19)14(20)18-10-12-6-7-12/h12-13H,3-11,17H2,1-2H3,(H,18,20). The van der Waals surface area contributed by atoms with E-state index in [2.05, 4.69) is 5.32 Å². The van der Waals surface area contributed by atoms with Crippen molar-refractivity contribution in [1.82, 2.24) is 10.2 Å². The maximum Gasteiger partial charge on any atom is 0.242 e. The van der Waals surface area contributed by atoms with Crippen molar-refractivity contribution < 1.29 is 9.59 Å². The van der Waals surface area contributed by atoms with Crippen molar-refractivity contribution in [2.45, 2.75) is 57.9 Å². The topological polar surface area (TPSA) is 75.4 Å². The second kappa shape index (κ2) is 6.77. The van der Waals surface area contributed by atoms with E-state index in [0.717, 1.165) is 32.4 Å². The summed E-state index contributed by atoms with van der Waals surface area (Å²) in [6.07, 6.45) is 5.79. The van der Waals surface area contributed by atoms with Crippen molar-refractivity contribution in [3.05, 3.63) is 0 Å². The van der Waals surface area contributed by atoms with Gasteiger partial charge < -0.3 is 16.0 Å². The number of nitrogens with zero attached hydrogens (tertiary/aromatic N) is 1. The zero-order chi connectivity index (χ0) is 15.5. The Kier molecular flexibility index (Phi) is 5.25. The Morgan fingerprint density at radius 3 is 2.67 bits per heavy atom. The summed E-state index contributed by atoms with van der Waals surface area (Å²) in [7, 11) is 0. The Balaban J connectivity index is 1.86. The van der Waals surface area contributed by atoms with Crippen molar-refractivity contribution in [2.24, 2.45) is 17.6 Å². The third kappa shape index (κ3) is 4.43. The monoisotopic (exact) mass is 295 g/mol. The third-order valence-electron chi connectivity index (χ3n) is 4.60. The lowest BCUT2D eigenvalue weighted by Crippen LogP contribution is -2.56. The number of hydrogen-bond donors (Lipinski definition) is 2. The predicted molar refractivity (Wildman–Crippen MR) is 82.5 cm³/mol. The van der Waals surface area contributed by atoms with Crippen LogP contribution >= 0.6 is 0 Å². The minimum absolute atomic E-state index is 0.0101. The average Bonchev–Trinajstić information content (AvgIpc) is 3.28. The van der Waals surface area contributed by atoms with Crippen LogP contribution in [0.2, 0.25) is 0 Å². The molecule has 0 bridgehead atoms. The van der Waals surface area contributed by atoms with Crippen LogP contribution in [0.3, 0.4) is 0 Å². The summed E-state index contributed by atoms with van der Waals surface area (Å²) in [5.41, 5.74) is 5.33. The number of hydrogen-bond acceptors (Lipinski definition) is 3. The predicted octanol–water partition coefficient (Wildman–Crippen LogP) is 1.27. The summed E-state index contributed by atoms with van der Waals surface area (Å²) < 4.78 is 0. The fraction of sp³-hybridized carbons (Fsp3) is 0.875. The van der Waals surface area contributed by atoms with E-state index in [-0.39, 0.29) is 17.7 Å². The molecule has 5 nitrogen and oxygen atoms in total. The van der Waals surface area contributed by atoms with Crippen LogP contribution in [0.1, 0.15) is 52.4 Å². The second-order valence-electron chi connectivity index (χ2n) is 6.95. The molecule has 0 spiro atoms. The van der Waals surface area contributed by atoms with Gasteiger partial charge in [0, 0.05) is 19.6 Å². The molecule has 0 aromatic carbocycles. The molecule has 1 aliphatic carbocycles. The van der Waals surface area contributed by atoms with Crippen LogP contribution in [-0.2, 0) is 9.59 Å². The lowest BCUT2D eigenvalue weighted by molar-refractivity contribution is -0.140. The number of amides is 2. The van der Waals surface area contributed by atoms with Crippen LogP contribution in [0.25, 0.3) is 0 Å². The molecule has 0 radical (unpaired) electrons. The summed E-state index contributed by atoms with van der Waals surface area (Å²) in [4.78, 5) is 26.5. The van der Waals surface area contributed by atoms with Gasteiger partial charge in [-0.1, -0.05) is 13.3 Å². The lowest BCUT2D eigenvalue weighted by atomic mass is 9.91. The van der Waals surface area contributed by atoms with Gasteiger partial charge in [-0.3, -0.25) is 9.59 Å². The maximum atomic E-state index is 12.5. The smallest absolute Gasteiger partial charge is 0.242 e. The van der Waals surface area contributed by atoms with Gasteiger partial charge in [0.2, 0.25) is 11.8 Å². The van der Waals surface area contributed by atoms with Crippen molar-refractivity contribution >= 4 is 11.8 Å². The second-order valence-corrected chi connectivity index (χ2v) is 6.95. The molecule has 0 aromatic rings. The summed E-state index contributed by atoms with van der Waals surface area (Å²) in [6.45, 7) is 5.87. The molecule has 1 saturated carbocycles. The largest absolute Gasteiger partial charge is 0.356 e. The van der Waals surface area contributed by atoms with E-state index in [9.17, 15) is 9.59 Å². The molecule has 2 amide bonds. The molecule has 1 saturated heterocycles. The van der Waals surface area contributed by atoms with Crippen molar-refractivity contribution in [2.75, 3.05) is 19.6 Å². The van der Waals surface area contributed by atoms with E-state index < -0.39 is 5.54 Å². The van der Waals surface area contributed by atoms with Crippen LogP contribution in [0.5, 0.6) is 0 Å². The Hall–Kier alpha value is -1.10. The Morgan fingerprint density at radius 2 is 2.05 bits per heavy atom. The summed E-state index contributed by atoms with van der Waals surface area (Å²) in [5, 5.41) is 3.03. The molecule has 3 N–H and O–H groups in total. The van der Waals surface area contributed by atoms with E-state index in [1.54, 1.807) is 11.8 Å². The molecular weight excluding hydrogens is 266 g/mol. The number of carbonyl (C=O) groups is 2. The van der Waals surface area contributed by atoms with E-state index in [1.807, 2.05) is 6.92 Å². The zero-order valence-electron chi connectivity index (χ0n) is 13.4. The highest BCUT2D eigenvalue weighted by Crippen LogP contribution is 2.28. The Morgan fingerprint density at radius 1 is 1.33 bits per heavy atom. The number of rotatable bonds is 6. The molecule has 2 aliphatic rings.